The normalized spacial score (nSPS) is 15.8. The minimum Gasteiger partial charge on any atom is -0.483 e. The molecule has 5 nitrogen and oxygen atoms in total. The maximum Gasteiger partial charge on any atom is 0.258 e. The van der Waals surface area contributed by atoms with Crippen LogP contribution in [0.25, 0.3) is 0 Å². The van der Waals surface area contributed by atoms with Gasteiger partial charge in [-0.1, -0.05) is 48.0 Å². The summed E-state index contributed by atoms with van der Waals surface area (Å²) < 4.78 is 11.3. The van der Waals surface area contributed by atoms with Gasteiger partial charge in [0.15, 0.2) is 6.61 Å². The Morgan fingerprint density at radius 2 is 1.75 bits per heavy atom. The number of ether oxygens (including phenoxy) is 2. The summed E-state index contributed by atoms with van der Waals surface area (Å²) in [5.74, 6) is 0.687. The molecule has 5 heteroatoms. The van der Waals surface area contributed by atoms with Gasteiger partial charge in [-0.3, -0.25) is 9.69 Å². The molecule has 0 spiro atoms. The van der Waals surface area contributed by atoms with E-state index in [9.17, 15) is 4.79 Å². The summed E-state index contributed by atoms with van der Waals surface area (Å²) in [6.45, 7) is 10.1. The van der Waals surface area contributed by atoms with Crippen molar-refractivity contribution in [3.8, 4) is 5.75 Å². The maximum atomic E-state index is 12.7. The fraction of sp³-hybridized carbons (Fsp3) is 0.435. The van der Waals surface area contributed by atoms with Crippen LogP contribution >= 0.6 is 0 Å². The number of nitrogens with zero attached hydrogens (tertiary/aromatic N) is 1. The lowest BCUT2D eigenvalue weighted by molar-refractivity contribution is -0.124. The second-order valence-corrected chi connectivity index (χ2v) is 7.46. The van der Waals surface area contributed by atoms with Crippen molar-refractivity contribution in [3.63, 3.8) is 0 Å². The van der Waals surface area contributed by atoms with E-state index >= 15 is 0 Å². The van der Waals surface area contributed by atoms with Crippen molar-refractivity contribution in [2.24, 2.45) is 0 Å². The molecule has 1 atom stereocenters. The minimum atomic E-state index is -0.110. The standard InChI is InChI=1S/C23H30N2O3/c1-17-13-18(2)23(19(3)14-17)28-16-22(26)24-21(20-7-5-4-6-8-20)15-25-9-11-27-12-10-25/h4-8,13-14,21H,9-12,15-16H2,1-3H3,(H,24,26)/t21-/m1/s1. The van der Waals surface area contributed by atoms with E-state index in [0.29, 0.717) is 0 Å². The number of rotatable bonds is 7. The van der Waals surface area contributed by atoms with Gasteiger partial charge < -0.3 is 14.8 Å². The molecule has 1 fully saturated rings. The first-order valence-corrected chi connectivity index (χ1v) is 9.88. The zero-order chi connectivity index (χ0) is 19.9. The van der Waals surface area contributed by atoms with Gasteiger partial charge in [-0.2, -0.15) is 0 Å². The van der Waals surface area contributed by atoms with Crippen LogP contribution < -0.4 is 10.1 Å². The van der Waals surface area contributed by atoms with Crippen LogP contribution in [0.4, 0.5) is 0 Å². The third kappa shape index (κ3) is 5.57. The number of carbonyl (C=O) groups excluding carboxylic acids is 1. The molecule has 0 saturated carbocycles. The molecule has 1 N–H and O–H groups in total. The Balaban J connectivity index is 1.64. The Labute approximate surface area is 167 Å². The van der Waals surface area contributed by atoms with Crippen LogP contribution in [0.1, 0.15) is 28.3 Å². The molecule has 3 rings (SSSR count). The van der Waals surface area contributed by atoms with E-state index in [0.717, 1.165) is 55.3 Å². The number of aryl methyl sites for hydroxylation is 3. The first-order valence-electron chi connectivity index (χ1n) is 9.88. The number of amides is 1. The lowest BCUT2D eigenvalue weighted by atomic mass is 10.1. The molecule has 1 saturated heterocycles. The first kappa shape index (κ1) is 20.4. The van der Waals surface area contributed by atoms with Gasteiger partial charge in [0.25, 0.3) is 5.91 Å². The number of nitrogens with one attached hydrogen (secondary N) is 1. The highest BCUT2D eigenvalue weighted by Gasteiger charge is 2.20. The second kappa shape index (κ2) is 9.71. The van der Waals surface area contributed by atoms with Gasteiger partial charge in [0.05, 0.1) is 19.3 Å². The van der Waals surface area contributed by atoms with Gasteiger partial charge in [-0.25, -0.2) is 0 Å². The van der Waals surface area contributed by atoms with E-state index in [1.165, 1.54) is 5.56 Å². The molecule has 0 radical (unpaired) electrons. The van der Waals surface area contributed by atoms with Crippen LogP contribution in [0.2, 0.25) is 0 Å². The smallest absolute Gasteiger partial charge is 0.258 e. The van der Waals surface area contributed by atoms with Crippen LogP contribution in [-0.2, 0) is 9.53 Å². The summed E-state index contributed by atoms with van der Waals surface area (Å²) in [4.78, 5) is 15.0. The molecule has 150 valence electrons. The summed E-state index contributed by atoms with van der Waals surface area (Å²) in [6, 6.07) is 14.2. The minimum absolute atomic E-state index is 0.0111. The summed E-state index contributed by atoms with van der Waals surface area (Å²) >= 11 is 0. The number of hydrogen-bond donors (Lipinski definition) is 1. The van der Waals surface area contributed by atoms with Crippen molar-refractivity contribution in [2.45, 2.75) is 26.8 Å². The SMILES string of the molecule is Cc1cc(C)c(OCC(=O)N[C@H](CN2CCOCC2)c2ccccc2)c(C)c1. The Kier molecular flexibility index (Phi) is 7.06. The van der Waals surface area contributed by atoms with E-state index in [2.05, 4.69) is 41.4 Å². The number of benzene rings is 2. The molecular weight excluding hydrogens is 352 g/mol. The van der Waals surface area contributed by atoms with Crippen molar-refractivity contribution >= 4 is 5.91 Å². The fourth-order valence-electron chi connectivity index (χ4n) is 3.73. The van der Waals surface area contributed by atoms with Crippen molar-refractivity contribution in [1.29, 1.82) is 0 Å². The van der Waals surface area contributed by atoms with Gasteiger partial charge >= 0.3 is 0 Å². The van der Waals surface area contributed by atoms with Gasteiger partial charge in [-0.05, 0) is 37.5 Å². The van der Waals surface area contributed by atoms with Crippen LogP contribution in [0.5, 0.6) is 5.75 Å². The number of morpholine rings is 1. The van der Waals surface area contributed by atoms with Crippen molar-refractivity contribution in [1.82, 2.24) is 10.2 Å². The van der Waals surface area contributed by atoms with Crippen LogP contribution in [0.3, 0.4) is 0 Å². The molecule has 1 heterocycles. The van der Waals surface area contributed by atoms with Crippen molar-refractivity contribution in [2.75, 3.05) is 39.5 Å². The molecule has 28 heavy (non-hydrogen) atoms. The summed E-state index contributed by atoms with van der Waals surface area (Å²) in [6.07, 6.45) is 0. The van der Waals surface area contributed by atoms with Gasteiger partial charge in [0.2, 0.25) is 0 Å². The second-order valence-electron chi connectivity index (χ2n) is 7.46. The lowest BCUT2D eigenvalue weighted by Gasteiger charge is -2.31. The van der Waals surface area contributed by atoms with E-state index in [4.69, 9.17) is 9.47 Å². The molecule has 1 amide bonds. The maximum absolute atomic E-state index is 12.7. The largest absolute Gasteiger partial charge is 0.483 e. The van der Waals surface area contributed by atoms with Gasteiger partial charge in [-0.15, -0.1) is 0 Å². The van der Waals surface area contributed by atoms with E-state index < -0.39 is 0 Å². The zero-order valence-corrected chi connectivity index (χ0v) is 17.0. The Bertz CT molecular complexity index is 763. The molecule has 0 aromatic heterocycles. The average molecular weight is 383 g/mol. The van der Waals surface area contributed by atoms with Crippen LogP contribution in [0.15, 0.2) is 42.5 Å². The third-order valence-corrected chi connectivity index (χ3v) is 5.03. The van der Waals surface area contributed by atoms with Crippen LogP contribution in [-0.4, -0.2) is 50.3 Å². The van der Waals surface area contributed by atoms with Crippen LogP contribution in [0, 0.1) is 20.8 Å². The van der Waals surface area contributed by atoms with E-state index in [1.807, 2.05) is 32.0 Å². The third-order valence-electron chi connectivity index (χ3n) is 5.03. The molecule has 0 bridgehead atoms. The predicted octanol–water partition coefficient (Wildman–Crippen LogP) is 3.18. The highest BCUT2D eigenvalue weighted by molar-refractivity contribution is 5.78. The molecule has 0 aliphatic carbocycles. The monoisotopic (exact) mass is 382 g/mol. The summed E-state index contributed by atoms with van der Waals surface area (Å²) in [5, 5.41) is 3.15. The molecule has 2 aromatic carbocycles. The predicted molar refractivity (Wildman–Crippen MR) is 111 cm³/mol. The Hall–Kier alpha value is -2.37. The number of hydrogen-bond acceptors (Lipinski definition) is 4. The molecule has 0 unspecified atom stereocenters. The molecule has 2 aromatic rings. The van der Waals surface area contributed by atoms with Crippen molar-refractivity contribution in [3.05, 3.63) is 64.7 Å². The Morgan fingerprint density at radius 1 is 1.11 bits per heavy atom. The van der Waals surface area contributed by atoms with Crippen molar-refractivity contribution < 1.29 is 14.3 Å². The number of carbonyl (C=O) groups is 1. The summed E-state index contributed by atoms with van der Waals surface area (Å²) in [5.41, 5.74) is 4.41. The highest BCUT2D eigenvalue weighted by atomic mass is 16.5. The summed E-state index contributed by atoms with van der Waals surface area (Å²) in [7, 11) is 0. The fourth-order valence-corrected chi connectivity index (χ4v) is 3.73. The Morgan fingerprint density at radius 3 is 2.39 bits per heavy atom. The lowest BCUT2D eigenvalue weighted by Crippen LogP contribution is -2.44. The topological polar surface area (TPSA) is 50.8 Å². The molecule has 1 aliphatic rings. The van der Waals surface area contributed by atoms with E-state index in [-0.39, 0.29) is 18.6 Å². The quantitative estimate of drug-likeness (QED) is 0.799. The molecular formula is C23H30N2O3. The highest BCUT2D eigenvalue weighted by Crippen LogP contribution is 2.24. The average Bonchev–Trinajstić information content (AvgIpc) is 2.68. The van der Waals surface area contributed by atoms with Gasteiger partial charge in [0, 0.05) is 19.6 Å². The first-order chi connectivity index (χ1) is 13.5. The molecule has 1 aliphatic heterocycles. The zero-order valence-electron chi connectivity index (χ0n) is 17.0. The van der Waals surface area contributed by atoms with E-state index in [1.54, 1.807) is 0 Å². The van der Waals surface area contributed by atoms with Gasteiger partial charge in [0.1, 0.15) is 5.75 Å².